The molecule has 2 atom stereocenters. The summed E-state index contributed by atoms with van der Waals surface area (Å²) in [5, 5.41) is 5.53. The number of rotatable bonds is 5. The summed E-state index contributed by atoms with van der Waals surface area (Å²) < 4.78 is 6.49. The predicted molar refractivity (Wildman–Crippen MR) is 164 cm³/mol. The van der Waals surface area contributed by atoms with Gasteiger partial charge in [-0.3, -0.25) is 4.98 Å². The van der Waals surface area contributed by atoms with Crippen LogP contribution in [0.15, 0.2) is 77.3 Å². The fraction of sp³-hybridized carbons (Fsp3) is 0.290. The molecule has 2 fully saturated rings. The molecule has 2 aliphatic heterocycles. The molecule has 2 aromatic carbocycles. The van der Waals surface area contributed by atoms with Crippen LogP contribution in [-0.2, 0) is 0 Å². The second kappa shape index (κ2) is 10.8. The summed E-state index contributed by atoms with van der Waals surface area (Å²) in [5.41, 5.74) is 4.81. The fourth-order valence-electron chi connectivity index (χ4n) is 5.49. The second-order valence-corrected chi connectivity index (χ2v) is 11.7. The van der Waals surface area contributed by atoms with Gasteiger partial charge in [0.05, 0.1) is 22.4 Å². The number of aryl methyl sites for hydroxylation is 1. The zero-order valence-electron chi connectivity index (χ0n) is 21.9. The zero-order chi connectivity index (χ0) is 27.1. The van der Waals surface area contributed by atoms with Crippen molar-refractivity contribution >= 4 is 51.9 Å². The van der Waals surface area contributed by atoms with E-state index in [0.29, 0.717) is 10.1 Å². The fourth-order valence-corrected chi connectivity index (χ4v) is 6.31. The molecule has 4 heterocycles. The first kappa shape index (κ1) is 26.2. The van der Waals surface area contributed by atoms with Crippen LogP contribution in [0.3, 0.4) is 0 Å². The van der Waals surface area contributed by atoms with Crippen LogP contribution in [0.2, 0.25) is 10.0 Å². The molecule has 4 aromatic rings. The summed E-state index contributed by atoms with van der Waals surface area (Å²) in [5.74, 6) is 2.28. The summed E-state index contributed by atoms with van der Waals surface area (Å²) in [6.45, 7) is 6.34. The van der Waals surface area contributed by atoms with Crippen LogP contribution in [0, 0.1) is 12.8 Å². The number of furan rings is 1. The molecule has 8 heteroatoms. The average Bonchev–Trinajstić information content (AvgIpc) is 3.56. The highest BCUT2D eigenvalue weighted by molar-refractivity contribution is 7.80. The molecule has 5 nitrogen and oxygen atoms in total. The third kappa shape index (κ3) is 5.13. The van der Waals surface area contributed by atoms with E-state index in [1.807, 2.05) is 61.5 Å². The normalized spacial score (nSPS) is 19.9. The van der Waals surface area contributed by atoms with Gasteiger partial charge >= 0.3 is 0 Å². The molecule has 200 valence electrons. The number of aromatic nitrogens is 1. The summed E-state index contributed by atoms with van der Waals surface area (Å²) >= 11 is 19.2. The molecule has 0 saturated carbocycles. The van der Waals surface area contributed by atoms with Crippen molar-refractivity contribution in [2.45, 2.75) is 38.8 Å². The lowest BCUT2D eigenvalue weighted by atomic mass is 9.98. The molecule has 2 aliphatic rings. The van der Waals surface area contributed by atoms with Gasteiger partial charge in [0.15, 0.2) is 5.11 Å². The van der Waals surface area contributed by atoms with Crippen molar-refractivity contribution in [2.24, 2.45) is 5.92 Å². The van der Waals surface area contributed by atoms with Crippen molar-refractivity contribution in [3.8, 4) is 11.3 Å². The van der Waals surface area contributed by atoms with E-state index in [2.05, 4.69) is 39.2 Å². The van der Waals surface area contributed by atoms with E-state index < -0.39 is 0 Å². The first-order chi connectivity index (χ1) is 18.9. The maximum Gasteiger partial charge on any atom is 0.174 e. The minimum atomic E-state index is -0.264. The maximum absolute atomic E-state index is 6.90. The Kier molecular flexibility index (Phi) is 7.27. The molecule has 1 N–H and O–H groups in total. The van der Waals surface area contributed by atoms with Crippen LogP contribution < -0.4 is 15.1 Å². The van der Waals surface area contributed by atoms with E-state index in [0.717, 1.165) is 63.7 Å². The Hall–Kier alpha value is -3.06. The number of hydrogen-bond acceptors (Lipinski definition) is 4. The molecule has 2 saturated heterocycles. The summed E-state index contributed by atoms with van der Waals surface area (Å²) in [4.78, 5) is 9.12. The van der Waals surface area contributed by atoms with Gasteiger partial charge in [0, 0.05) is 35.6 Å². The molecule has 0 amide bonds. The number of hydrogen-bond donors (Lipinski definition) is 1. The predicted octanol–water partition coefficient (Wildman–Crippen LogP) is 8.37. The molecule has 2 aromatic heterocycles. The van der Waals surface area contributed by atoms with Crippen LogP contribution in [0.1, 0.15) is 48.9 Å². The largest absolute Gasteiger partial charge is 0.459 e. The highest BCUT2D eigenvalue weighted by Gasteiger charge is 2.42. The van der Waals surface area contributed by atoms with Gasteiger partial charge in [-0.2, -0.15) is 0 Å². The number of nitrogens with one attached hydrogen (secondary N) is 1. The molecule has 0 bridgehead atoms. The van der Waals surface area contributed by atoms with Gasteiger partial charge in [-0.25, -0.2) is 0 Å². The summed E-state index contributed by atoms with van der Waals surface area (Å²) in [7, 11) is 0. The molecule has 0 radical (unpaired) electrons. The second-order valence-electron chi connectivity index (χ2n) is 10.5. The first-order valence-corrected chi connectivity index (χ1v) is 14.5. The first-order valence-electron chi connectivity index (χ1n) is 13.3. The minimum Gasteiger partial charge on any atom is -0.459 e. The standard InChI is InChI=1S/C31H30Cl2N4OS/c1-19-12-15-36(16-13-19)26-9-8-22(18-24(26)33)37-30(29(35-31(37)39)25-5-3-4-14-34-25)28-11-10-27(38-28)21-7-6-20(2)23(32)17-21/h3-11,14,17-19,29-30H,12-13,15-16H2,1-2H3,(H,35,39)/t29-,30-/m1/s1. The Balaban J connectivity index is 1.38. The van der Waals surface area contributed by atoms with Crippen molar-refractivity contribution in [3.05, 3.63) is 100.0 Å². The SMILES string of the molecule is Cc1ccc(-c2ccc([C@@H]3[C@@H](c4ccccn4)NC(=S)N3c3ccc(N4CCC(C)CC4)c(Cl)c3)o2)cc1Cl. The molecule has 0 unspecified atom stereocenters. The van der Waals surface area contributed by atoms with E-state index in [1.165, 1.54) is 12.8 Å². The summed E-state index contributed by atoms with van der Waals surface area (Å²) in [6, 6.07) is 21.6. The topological polar surface area (TPSA) is 44.5 Å². The Morgan fingerprint density at radius 3 is 2.51 bits per heavy atom. The number of benzene rings is 2. The van der Waals surface area contributed by atoms with Crippen molar-refractivity contribution in [2.75, 3.05) is 22.9 Å². The highest BCUT2D eigenvalue weighted by Crippen LogP contribution is 2.44. The smallest absolute Gasteiger partial charge is 0.174 e. The zero-order valence-corrected chi connectivity index (χ0v) is 24.2. The lowest BCUT2D eigenvalue weighted by Gasteiger charge is -2.33. The summed E-state index contributed by atoms with van der Waals surface area (Å²) in [6.07, 6.45) is 4.16. The number of thiocarbonyl (C=S) groups is 1. The Morgan fingerprint density at radius 2 is 1.79 bits per heavy atom. The van der Waals surface area contributed by atoms with E-state index >= 15 is 0 Å². The van der Waals surface area contributed by atoms with Gasteiger partial charge < -0.3 is 19.5 Å². The van der Waals surface area contributed by atoms with Crippen molar-refractivity contribution < 1.29 is 4.42 Å². The number of nitrogens with zero attached hydrogens (tertiary/aromatic N) is 3. The number of piperidine rings is 1. The van der Waals surface area contributed by atoms with Crippen LogP contribution in [-0.4, -0.2) is 23.2 Å². The van der Waals surface area contributed by atoms with Gasteiger partial charge in [-0.05, 0) is 92.0 Å². The van der Waals surface area contributed by atoms with Crippen molar-refractivity contribution in [3.63, 3.8) is 0 Å². The molecule has 39 heavy (non-hydrogen) atoms. The number of pyridine rings is 1. The lowest BCUT2D eigenvalue weighted by molar-refractivity contribution is 0.438. The highest BCUT2D eigenvalue weighted by atomic mass is 35.5. The molecular formula is C31H30Cl2N4OS. The Labute approximate surface area is 244 Å². The monoisotopic (exact) mass is 576 g/mol. The van der Waals surface area contributed by atoms with E-state index in [4.69, 9.17) is 39.8 Å². The van der Waals surface area contributed by atoms with Crippen LogP contribution in [0.25, 0.3) is 11.3 Å². The van der Waals surface area contributed by atoms with E-state index in [1.54, 1.807) is 6.20 Å². The molecule has 0 spiro atoms. The molecule has 6 rings (SSSR count). The van der Waals surface area contributed by atoms with Crippen molar-refractivity contribution in [1.29, 1.82) is 0 Å². The third-order valence-electron chi connectivity index (χ3n) is 7.81. The number of halogens is 2. The molecular weight excluding hydrogens is 547 g/mol. The van der Waals surface area contributed by atoms with Gasteiger partial charge in [0.25, 0.3) is 0 Å². The third-order valence-corrected chi connectivity index (χ3v) is 8.83. The van der Waals surface area contributed by atoms with Gasteiger partial charge in [0.1, 0.15) is 17.6 Å². The Bertz CT molecular complexity index is 1500. The quantitative estimate of drug-likeness (QED) is 0.241. The lowest BCUT2D eigenvalue weighted by Crippen LogP contribution is -2.33. The molecule has 0 aliphatic carbocycles. The van der Waals surface area contributed by atoms with Crippen LogP contribution >= 0.6 is 35.4 Å². The van der Waals surface area contributed by atoms with Crippen LogP contribution in [0.4, 0.5) is 11.4 Å². The van der Waals surface area contributed by atoms with E-state index in [-0.39, 0.29) is 12.1 Å². The van der Waals surface area contributed by atoms with Gasteiger partial charge in [0.2, 0.25) is 0 Å². The van der Waals surface area contributed by atoms with Gasteiger partial charge in [-0.15, -0.1) is 0 Å². The van der Waals surface area contributed by atoms with E-state index in [9.17, 15) is 0 Å². The Morgan fingerprint density at radius 1 is 0.974 bits per heavy atom. The number of anilines is 2. The average molecular weight is 578 g/mol. The van der Waals surface area contributed by atoms with Crippen LogP contribution in [0.5, 0.6) is 0 Å². The van der Waals surface area contributed by atoms with Crippen molar-refractivity contribution in [1.82, 2.24) is 10.3 Å². The minimum absolute atomic E-state index is 0.207. The van der Waals surface area contributed by atoms with Gasteiger partial charge in [-0.1, -0.05) is 48.3 Å². The maximum atomic E-state index is 6.90.